The Kier molecular flexibility index (Phi) is 4.99. The number of nitrogens with zero attached hydrogens (tertiary/aromatic N) is 1. The molecule has 0 aromatic carbocycles. The normalized spacial score (nSPS) is 13.3. The maximum atomic E-state index is 12.4. The van der Waals surface area contributed by atoms with E-state index in [1.165, 1.54) is 15.6 Å². The summed E-state index contributed by atoms with van der Waals surface area (Å²) in [4.78, 5) is 1.16. The summed E-state index contributed by atoms with van der Waals surface area (Å²) in [5, 5.41) is 0. The Morgan fingerprint density at radius 3 is 2.44 bits per heavy atom. The van der Waals surface area contributed by atoms with Crippen LogP contribution < -0.4 is 5.73 Å². The monoisotopic (exact) mass is 354 g/mol. The lowest BCUT2D eigenvalue weighted by Crippen LogP contribution is -2.39. The minimum atomic E-state index is -3.43. The largest absolute Gasteiger partial charge is 0.330 e. The Morgan fingerprint density at radius 1 is 1.50 bits per heavy atom. The van der Waals surface area contributed by atoms with Crippen LogP contribution in [0.25, 0.3) is 0 Å². The van der Waals surface area contributed by atoms with Crippen molar-refractivity contribution in [3.05, 3.63) is 14.7 Å². The maximum absolute atomic E-state index is 12.4. The van der Waals surface area contributed by atoms with Crippen LogP contribution in [0.3, 0.4) is 0 Å². The van der Waals surface area contributed by atoms with Gasteiger partial charge in [-0.25, -0.2) is 12.7 Å². The molecule has 0 saturated carbocycles. The van der Waals surface area contributed by atoms with Gasteiger partial charge in [-0.15, -0.1) is 11.3 Å². The van der Waals surface area contributed by atoms with E-state index in [-0.39, 0.29) is 5.41 Å². The van der Waals surface area contributed by atoms with E-state index in [1.54, 1.807) is 13.1 Å². The van der Waals surface area contributed by atoms with Crippen LogP contribution in [0.2, 0.25) is 0 Å². The standard InChI is InChI=1S/C11H19BrN2O2S2/c1-8-9(5-10(12)17-8)18(15,16)14(4)7-11(2,3)6-13/h5H,6-7,13H2,1-4H3. The molecule has 0 spiro atoms. The maximum Gasteiger partial charge on any atom is 0.243 e. The number of sulfonamides is 1. The van der Waals surface area contributed by atoms with Crippen molar-refractivity contribution in [2.75, 3.05) is 20.1 Å². The van der Waals surface area contributed by atoms with Gasteiger partial charge < -0.3 is 5.73 Å². The first-order chi connectivity index (χ1) is 8.10. The predicted molar refractivity (Wildman–Crippen MR) is 79.4 cm³/mol. The first-order valence-electron chi connectivity index (χ1n) is 5.52. The second-order valence-corrected chi connectivity index (χ2v) is 9.75. The molecule has 0 aliphatic heterocycles. The average Bonchev–Trinajstić information content (AvgIpc) is 2.57. The van der Waals surface area contributed by atoms with Gasteiger partial charge in [-0.05, 0) is 40.9 Å². The lowest BCUT2D eigenvalue weighted by molar-refractivity contribution is 0.292. The molecular formula is C11H19BrN2O2S2. The van der Waals surface area contributed by atoms with E-state index in [9.17, 15) is 8.42 Å². The van der Waals surface area contributed by atoms with Gasteiger partial charge >= 0.3 is 0 Å². The first-order valence-corrected chi connectivity index (χ1v) is 8.57. The highest BCUT2D eigenvalue weighted by Gasteiger charge is 2.29. The molecule has 2 N–H and O–H groups in total. The fourth-order valence-electron chi connectivity index (χ4n) is 1.61. The lowest BCUT2D eigenvalue weighted by Gasteiger charge is -2.28. The molecule has 0 fully saturated rings. The van der Waals surface area contributed by atoms with E-state index in [0.29, 0.717) is 18.0 Å². The topological polar surface area (TPSA) is 63.4 Å². The van der Waals surface area contributed by atoms with Crippen LogP contribution in [-0.4, -0.2) is 32.9 Å². The predicted octanol–water partition coefficient (Wildman–Crippen LogP) is 2.42. The van der Waals surface area contributed by atoms with Gasteiger partial charge in [0.15, 0.2) is 0 Å². The molecule has 1 rings (SSSR count). The molecule has 1 aromatic rings. The summed E-state index contributed by atoms with van der Waals surface area (Å²) in [7, 11) is -1.84. The van der Waals surface area contributed by atoms with Gasteiger partial charge in [0.2, 0.25) is 10.0 Å². The van der Waals surface area contributed by atoms with E-state index in [2.05, 4.69) is 15.9 Å². The van der Waals surface area contributed by atoms with E-state index < -0.39 is 10.0 Å². The summed E-state index contributed by atoms with van der Waals surface area (Å²) in [5.74, 6) is 0. The first kappa shape index (κ1) is 16.1. The molecule has 0 amide bonds. The molecule has 0 unspecified atom stereocenters. The third kappa shape index (κ3) is 3.54. The summed E-state index contributed by atoms with van der Waals surface area (Å²) >= 11 is 4.74. The molecular weight excluding hydrogens is 336 g/mol. The minimum absolute atomic E-state index is 0.233. The molecule has 1 heterocycles. The van der Waals surface area contributed by atoms with Crippen LogP contribution in [0, 0.1) is 12.3 Å². The number of halogens is 1. The van der Waals surface area contributed by atoms with Gasteiger partial charge in [-0.2, -0.15) is 0 Å². The van der Waals surface area contributed by atoms with Crippen LogP contribution in [0.4, 0.5) is 0 Å². The number of nitrogens with two attached hydrogens (primary N) is 1. The van der Waals surface area contributed by atoms with Gasteiger partial charge in [0.1, 0.15) is 0 Å². The van der Waals surface area contributed by atoms with E-state index in [1.807, 2.05) is 20.8 Å². The Bertz CT molecular complexity index is 523. The van der Waals surface area contributed by atoms with E-state index in [0.717, 1.165) is 8.66 Å². The van der Waals surface area contributed by atoms with Gasteiger partial charge in [-0.1, -0.05) is 13.8 Å². The summed E-state index contributed by atoms with van der Waals surface area (Å²) in [6.45, 7) is 6.56. The molecule has 0 aliphatic rings. The summed E-state index contributed by atoms with van der Waals surface area (Å²) < 4.78 is 27.1. The van der Waals surface area contributed by atoms with Crippen LogP contribution in [0.5, 0.6) is 0 Å². The van der Waals surface area contributed by atoms with Gasteiger partial charge in [0.25, 0.3) is 0 Å². The second-order valence-electron chi connectivity index (χ2n) is 5.10. The van der Waals surface area contributed by atoms with Crippen LogP contribution in [0.1, 0.15) is 18.7 Å². The van der Waals surface area contributed by atoms with E-state index >= 15 is 0 Å². The van der Waals surface area contributed by atoms with Crippen molar-refractivity contribution in [3.63, 3.8) is 0 Å². The SMILES string of the molecule is Cc1sc(Br)cc1S(=O)(=O)N(C)CC(C)(C)CN. The highest BCUT2D eigenvalue weighted by molar-refractivity contribution is 9.11. The molecule has 7 heteroatoms. The second kappa shape index (κ2) is 5.58. The van der Waals surface area contributed by atoms with Crippen molar-refractivity contribution < 1.29 is 8.42 Å². The van der Waals surface area contributed by atoms with Gasteiger partial charge in [0, 0.05) is 18.5 Å². The quantitative estimate of drug-likeness (QED) is 0.882. The average molecular weight is 355 g/mol. The lowest BCUT2D eigenvalue weighted by atomic mass is 9.94. The molecule has 1 aromatic heterocycles. The Hall–Kier alpha value is 0.0500. The summed E-state index contributed by atoms with van der Waals surface area (Å²) in [6.07, 6.45) is 0. The van der Waals surface area contributed by atoms with Crippen molar-refractivity contribution in [3.8, 4) is 0 Å². The zero-order valence-electron chi connectivity index (χ0n) is 11.0. The van der Waals surface area contributed by atoms with Crippen molar-refractivity contribution in [2.45, 2.75) is 25.7 Å². The Labute approximate surface area is 121 Å². The third-order valence-electron chi connectivity index (χ3n) is 2.73. The molecule has 0 radical (unpaired) electrons. The zero-order chi connectivity index (χ0) is 14.1. The number of rotatable bonds is 5. The van der Waals surface area contributed by atoms with Crippen molar-refractivity contribution in [2.24, 2.45) is 11.1 Å². The van der Waals surface area contributed by atoms with Gasteiger partial charge in [0.05, 0.1) is 8.68 Å². The Morgan fingerprint density at radius 2 is 2.06 bits per heavy atom. The summed E-state index contributed by atoms with van der Waals surface area (Å²) in [5.41, 5.74) is 5.41. The molecule has 0 aliphatic carbocycles. The molecule has 0 saturated heterocycles. The molecule has 0 atom stereocenters. The Balaban J connectivity index is 3.04. The zero-order valence-corrected chi connectivity index (χ0v) is 14.2. The molecule has 0 bridgehead atoms. The molecule has 18 heavy (non-hydrogen) atoms. The third-order valence-corrected chi connectivity index (χ3v) is 6.35. The number of hydrogen-bond acceptors (Lipinski definition) is 4. The number of thiophene rings is 1. The highest BCUT2D eigenvalue weighted by Crippen LogP contribution is 2.32. The van der Waals surface area contributed by atoms with Crippen molar-refractivity contribution >= 4 is 37.3 Å². The summed E-state index contributed by atoms with van der Waals surface area (Å²) in [6, 6.07) is 1.65. The number of aryl methyl sites for hydroxylation is 1. The molecule has 4 nitrogen and oxygen atoms in total. The van der Waals surface area contributed by atoms with Crippen LogP contribution in [-0.2, 0) is 10.0 Å². The number of hydrogen-bond donors (Lipinski definition) is 1. The van der Waals surface area contributed by atoms with Crippen molar-refractivity contribution in [1.82, 2.24) is 4.31 Å². The van der Waals surface area contributed by atoms with E-state index in [4.69, 9.17) is 5.73 Å². The van der Waals surface area contributed by atoms with Crippen LogP contribution in [0.15, 0.2) is 14.7 Å². The fraction of sp³-hybridized carbons (Fsp3) is 0.636. The van der Waals surface area contributed by atoms with Gasteiger partial charge in [-0.3, -0.25) is 0 Å². The fourth-order valence-corrected chi connectivity index (χ4v) is 5.35. The van der Waals surface area contributed by atoms with Crippen molar-refractivity contribution in [1.29, 1.82) is 0 Å². The highest BCUT2D eigenvalue weighted by atomic mass is 79.9. The smallest absolute Gasteiger partial charge is 0.243 e. The minimum Gasteiger partial charge on any atom is -0.330 e. The molecule has 104 valence electrons. The van der Waals surface area contributed by atoms with Crippen LogP contribution >= 0.6 is 27.3 Å².